The van der Waals surface area contributed by atoms with Gasteiger partial charge in [-0.25, -0.2) is 8.78 Å². The number of carbonyl (C=O) groups excluding carboxylic acids is 1. The summed E-state index contributed by atoms with van der Waals surface area (Å²) in [6.07, 6.45) is 0. The van der Waals surface area contributed by atoms with E-state index >= 15 is 0 Å². The number of carbonyl (C=O) groups is 1. The van der Waals surface area contributed by atoms with Crippen molar-refractivity contribution in [3.05, 3.63) is 35.4 Å². The minimum Gasteiger partial charge on any atom is -0.302 e. The van der Waals surface area contributed by atoms with E-state index in [9.17, 15) is 13.6 Å². The Labute approximate surface area is 81.1 Å². The SMILES string of the molecule is CN(C)CC(=O)c1ccc(F)cc1F. The van der Waals surface area contributed by atoms with E-state index in [1.54, 1.807) is 19.0 Å². The molecule has 1 aromatic rings. The van der Waals surface area contributed by atoms with Gasteiger partial charge in [0.25, 0.3) is 0 Å². The van der Waals surface area contributed by atoms with Crippen molar-refractivity contribution < 1.29 is 13.6 Å². The molecule has 1 rings (SSSR count). The molecule has 0 saturated heterocycles. The van der Waals surface area contributed by atoms with Crippen LogP contribution in [0.15, 0.2) is 18.2 Å². The molecule has 2 nitrogen and oxygen atoms in total. The minimum atomic E-state index is -0.808. The molecule has 0 aliphatic carbocycles. The van der Waals surface area contributed by atoms with E-state index in [1.165, 1.54) is 0 Å². The molecule has 0 fully saturated rings. The van der Waals surface area contributed by atoms with Gasteiger partial charge in [-0.15, -0.1) is 0 Å². The van der Waals surface area contributed by atoms with Gasteiger partial charge in [0.15, 0.2) is 5.78 Å². The summed E-state index contributed by atoms with van der Waals surface area (Å²) in [6.45, 7) is 0.114. The van der Waals surface area contributed by atoms with Crippen LogP contribution in [0.25, 0.3) is 0 Å². The monoisotopic (exact) mass is 199 g/mol. The van der Waals surface area contributed by atoms with Crippen LogP contribution in [0.1, 0.15) is 10.4 Å². The number of hydrogen-bond acceptors (Lipinski definition) is 2. The highest BCUT2D eigenvalue weighted by Crippen LogP contribution is 2.10. The molecule has 0 aliphatic rings. The molecule has 0 N–H and O–H groups in total. The van der Waals surface area contributed by atoms with Gasteiger partial charge in [-0.1, -0.05) is 0 Å². The molecule has 1 aromatic carbocycles. The van der Waals surface area contributed by atoms with Crippen molar-refractivity contribution in [2.75, 3.05) is 20.6 Å². The summed E-state index contributed by atoms with van der Waals surface area (Å²) in [4.78, 5) is 13.0. The molecule has 76 valence electrons. The van der Waals surface area contributed by atoms with E-state index in [2.05, 4.69) is 0 Å². The Morgan fingerprint density at radius 2 is 2.00 bits per heavy atom. The molecule has 0 unspecified atom stereocenters. The molecule has 0 atom stereocenters. The van der Waals surface area contributed by atoms with Gasteiger partial charge in [-0.3, -0.25) is 4.79 Å². The summed E-state index contributed by atoms with van der Waals surface area (Å²) >= 11 is 0. The molecule has 0 saturated carbocycles. The lowest BCUT2D eigenvalue weighted by Gasteiger charge is -2.08. The quantitative estimate of drug-likeness (QED) is 0.691. The number of rotatable bonds is 3. The average molecular weight is 199 g/mol. The summed E-state index contributed by atoms with van der Waals surface area (Å²) in [5.41, 5.74) is -0.0694. The molecule has 14 heavy (non-hydrogen) atoms. The molecular formula is C10H11F2NO. The van der Waals surface area contributed by atoms with Gasteiger partial charge in [0, 0.05) is 6.07 Å². The Bertz CT molecular complexity index is 350. The highest BCUT2D eigenvalue weighted by atomic mass is 19.1. The summed E-state index contributed by atoms with van der Waals surface area (Å²) in [5.74, 6) is -1.84. The summed E-state index contributed by atoms with van der Waals surface area (Å²) in [5, 5.41) is 0. The molecule has 0 spiro atoms. The zero-order valence-corrected chi connectivity index (χ0v) is 8.05. The minimum absolute atomic E-state index is 0.0694. The van der Waals surface area contributed by atoms with Crippen LogP contribution < -0.4 is 0 Å². The van der Waals surface area contributed by atoms with Crippen molar-refractivity contribution >= 4 is 5.78 Å². The molecule has 0 bridgehead atoms. The van der Waals surface area contributed by atoms with E-state index < -0.39 is 11.6 Å². The Morgan fingerprint density at radius 1 is 1.36 bits per heavy atom. The maximum absolute atomic E-state index is 13.1. The number of likely N-dealkylation sites (N-methyl/N-ethyl adjacent to an activating group) is 1. The van der Waals surface area contributed by atoms with Crippen LogP contribution in [0.4, 0.5) is 8.78 Å². The van der Waals surface area contributed by atoms with Crippen LogP contribution >= 0.6 is 0 Å². The smallest absolute Gasteiger partial charge is 0.179 e. The van der Waals surface area contributed by atoms with Gasteiger partial charge in [0.1, 0.15) is 11.6 Å². The van der Waals surface area contributed by atoms with Gasteiger partial charge in [0.2, 0.25) is 0 Å². The largest absolute Gasteiger partial charge is 0.302 e. The molecule has 0 heterocycles. The first-order valence-electron chi connectivity index (χ1n) is 4.13. The Balaban J connectivity index is 2.90. The molecule has 0 radical (unpaired) electrons. The lowest BCUT2D eigenvalue weighted by molar-refractivity contribution is 0.0954. The standard InChI is InChI=1S/C10H11F2NO/c1-13(2)6-10(14)8-4-3-7(11)5-9(8)12/h3-5H,6H2,1-2H3. The second-order valence-corrected chi connectivity index (χ2v) is 3.29. The van der Waals surface area contributed by atoms with Gasteiger partial charge < -0.3 is 4.90 Å². The van der Waals surface area contributed by atoms with E-state index in [-0.39, 0.29) is 17.9 Å². The lowest BCUT2D eigenvalue weighted by atomic mass is 10.1. The van der Waals surface area contributed by atoms with Crippen LogP contribution in [-0.2, 0) is 0 Å². The van der Waals surface area contributed by atoms with Crippen molar-refractivity contribution in [2.24, 2.45) is 0 Å². The Hall–Kier alpha value is -1.29. The highest BCUT2D eigenvalue weighted by Gasteiger charge is 2.12. The van der Waals surface area contributed by atoms with Crippen molar-refractivity contribution in [3.63, 3.8) is 0 Å². The van der Waals surface area contributed by atoms with Crippen LogP contribution in [0.3, 0.4) is 0 Å². The maximum atomic E-state index is 13.1. The summed E-state index contributed by atoms with van der Waals surface area (Å²) in [7, 11) is 3.42. The zero-order valence-electron chi connectivity index (χ0n) is 8.05. The van der Waals surface area contributed by atoms with E-state index in [4.69, 9.17) is 0 Å². The second-order valence-electron chi connectivity index (χ2n) is 3.29. The molecular weight excluding hydrogens is 188 g/mol. The lowest BCUT2D eigenvalue weighted by Crippen LogP contribution is -2.22. The summed E-state index contributed by atoms with van der Waals surface area (Å²) < 4.78 is 25.6. The van der Waals surface area contributed by atoms with Crippen molar-refractivity contribution in [3.8, 4) is 0 Å². The van der Waals surface area contributed by atoms with Crippen LogP contribution in [0.2, 0.25) is 0 Å². The van der Waals surface area contributed by atoms with Gasteiger partial charge in [-0.2, -0.15) is 0 Å². The number of nitrogens with zero attached hydrogens (tertiary/aromatic N) is 1. The molecule has 0 aliphatic heterocycles. The van der Waals surface area contributed by atoms with Crippen molar-refractivity contribution in [2.45, 2.75) is 0 Å². The first-order valence-corrected chi connectivity index (χ1v) is 4.13. The van der Waals surface area contributed by atoms with E-state index in [0.717, 1.165) is 12.1 Å². The fraction of sp³-hybridized carbons (Fsp3) is 0.300. The van der Waals surface area contributed by atoms with Gasteiger partial charge in [-0.05, 0) is 26.2 Å². The van der Waals surface area contributed by atoms with E-state index in [0.29, 0.717) is 6.07 Å². The fourth-order valence-electron chi connectivity index (χ4n) is 1.09. The zero-order chi connectivity index (χ0) is 10.7. The number of halogens is 2. The number of hydrogen-bond donors (Lipinski definition) is 0. The van der Waals surface area contributed by atoms with Crippen LogP contribution in [-0.4, -0.2) is 31.3 Å². The predicted molar refractivity (Wildman–Crippen MR) is 49.2 cm³/mol. The van der Waals surface area contributed by atoms with Crippen LogP contribution in [0, 0.1) is 11.6 Å². The Morgan fingerprint density at radius 3 is 2.50 bits per heavy atom. The highest BCUT2D eigenvalue weighted by molar-refractivity contribution is 5.97. The second kappa shape index (κ2) is 4.28. The Kier molecular flexibility index (Phi) is 3.30. The normalized spacial score (nSPS) is 10.6. The van der Waals surface area contributed by atoms with Crippen LogP contribution in [0.5, 0.6) is 0 Å². The predicted octanol–water partition coefficient (Wildman–Crippen LogP) is 1.71. The van der Waals surface area contributed by atoms with E-state index in [1.807, 2.05) is 0 Å². The van der Waals surface area contributed by atoms with Gasteiger partial charge in [0.05, 0.1) is 12.1 Å². The van der Waals surface area contributed by atoms with Gasteiger partial charge >= 0.3 is 0 Å². The average Bonchev–Trinajstić information content (AvgIpc) is 2.01. The summed E-state index contributed by atoms with van der Waals surface area (Å²) in [6, 6.07) is 2.95. The van der Waals surface area contributed by atoms with Crippen molar-refractivity contribution in [1.82, 2.24) is 4.90 Å². The number of benzene rings is 1. The third kappa shape index (κ3) is 2.60. The number of Topliss-reactive ketones (excluding diaryl/α,β-unsaturated/α-hetero) is 1. The van der Waals surface area contributed by atoms with Crippen molar-refractivity contribution in [1.29, 1.82) is 0 Å². The maximum Gasteiger partial charge on any atom is 0.179 e. The fourth-order valence-corrected chi connectivity index (χ4v) is 1.09. The molecule has 0 aromatic heterocycles. The molecule has 4 heteroatoms. The third-order valence-corrected chi connectivity index (χ3v) is 1.69. The number of ketones is 1. The third-order valence-electron chi connectivity index (χ3n) is 1.69. The first kappa shape index (κ1) is 10.8. The molecule has 0 amide bonds. The topological polar surface area (TPSA) is 20.3 Å². The first-order chi connectivity index (χ1) is 6.50.